The molecule has 1 N–H and O–H groups in total. The van der Waals surface area contributed by atoms with Gasteiger partial charge in [0.1, 0.15) is 0 Å². The van der Waals surface area contributed by atoms with Crippen LogP contribution in [0.5, 0.6) is 5.75 Å². The number of nitrogens with zero attached hydrogens (tertiary/aromatic N) is 2. The van der Waals surface area contributed by atoms with Crippen molar-refractivity contribution in [1.29, 1.82) is 0 Å². The quantitative estimate of drug-likeness (QED) is 0.634. The maximum absolute atomic E-state index is 9.92. The normalized spacial score (nSPS) is 10.6. The SMILES string of the molecule is CN=Nc1cc(C)c2ccc[c-]c2c1O.[Y]. The van der Waals surface area contributed by atoms with Crippen LogP contribution < -0.4 is 0 Å². The van der Waals surface area contributed by atoms with E-state index in [1.54, 1.807) is 13.1 Å². The zero-order chi connectivity index (χ0) is 10.8. The van der Waals surface area contributed by atoms with Gasteiger partial charge in [0.05, 0.1) is 11.4 Å². The van der Waals surface area contributed by atoms with Gasteiger partial charge in [-0.3, -0.25) is 0 Å². The first-order valence-electron chi connectivity index (χ1n) is 4.67. The van der Waals surface area contributed by atoms with Crippen LogP contribution in [0.3, 0.4) is 0 Å². The van der Waals surface area contributed by atoms with Crippen molar-refractivity contribution in [3.05, 3.63) is 35.9 Å². The molecule has 2 aromatic rings. The van der Waals surface area contributed by atoms with E-state index in [0.717, 1.165) is 10.9 Å². The fraction of sp³-hybridized carbons (Fsp3) is 0.167. The Morgan fingerprint density at radius 1 is 1.38 bits per heavy atom. The van der Waals surface area contributed by atoms with Crippen LogP contribution in [0.25, 0.3) is 10.8 Å². The number of benzene rings is 2. The van der Waals surface area contributed by atoms with Crippen LogP contribution in [0.4, 0.5) is 5.69 Å². The van der Waals surface area contributed by atoms with Crippen molar-refractivity contribution < 1.29 is 37.8 Å². The number of hydrogen-bond acceptors (Lipinski definition) is 3. The van der Waals surface area contributed by atoms with Crippen LogP contribution in [0.15, 0.2) is 34.5 Å². The topological polar surface area (TPSA) is 45.0 Å². The maximum Gasteiger partial charge on any atom is 0.0848 e. The maximum atomic E-state index is 9.92. The van der Waals surface area contributed by atoms with E-state index in [4.69, 9.17) is 0 Å². The van der Waals surface area contributed by atoms with Crippen molar-refractivity contribution >= 4 is 16.5 Å². The molecule has 0 atom stereocenters. The van der Waals surface area contributed by atoms with Crippen LogP contribution in [0.1, 0.15) is 5.56 Å². The van der Waals surface area contributed by atoms with E-state index in [1.807, 2.05) is 25.1 Å². The third-order valence-electron chi connectivity index (χ3n) is 2.32. The first kappa shape index (κ1) is 13.3. The molecule has 0 heterocycles. The number of hydrogen-bond donors (Lipinski definition) is 1. The van der Waals surface area contributed by atoms with Gasteiger partial charge in [-0.2, -0.15) is 10.2 Å². The fourth-order valence-electron chi connectivity index (χ4n) is 1.62. The monoisotopic (exact) mass is 288 g/mol. The summed E-state index contributed by atoms with van der Waals surface area (Å²) in [5.74, 6) is 0.141. The second-order valence-corrected chi connectivity index (χ2v) is 3.32. The molecule has 0 saturated heterocycles. The van der Waals surface area contributed by atoms with Crippen LogP contribution in [0, 0.1) is 13.0 Å². The van der Waals surface area contributed by atoms with Gasteiger partial charge in [0, 0.05) is 39.8 Å². The summed E-state index contributed by atoms with van der Waals surface area (Å²) in [4.78, 5) is 0. The first-order valence-corrected chi connectivity index (χ1v) is 4.67. The van der Waals surface area contributed by atoms with Gasteiger partial charge in [0.25, 0.3) is 0 Å². The molecule has 0 spiro atoms. The summed E-state index contributed by atoms with van der Waals surface area (Å²) in [5.41, 5.74) is 1.55. The second-order valence-electron chi connectivity index (χ2n) is 3.32. The van der Waals surface area contributed by atoms with Crippen LogP contribution in [-0.2, 0) is 32.7 Å². The third kappa shape index (κ3) is 2.31. The standard InChI is InChI=1S/C12H11N2O.Y/c1-8-7-11(14-13-2)12(15)10-6-4-3-5-9(8)10;/h3-5,7,15H,1-2H3;/q-1;. The smallest absolute Gasteiger partial charge is 0.0848 e. The average molecular weight is 288 g/mol. The minimum absolute atomic E-state index is 0. The molecule has 0 unspecified atom stereocenters. The van der Waals surface area contributed by atoms with Crippen molar-refractivity contribution in [2.24, 2.45) is 10.2 Å². The van der Waals surface area contributed by atoms with Crippen LogP contribution >= 0.6 is 0 Å². The molecule has 3 nitrogen and oxygen atoms in total. The van der Waals surface area contributed by atoms with Gasteiger partial charge in [-0.05, 0) is 13.0 Å². The van der Waals surface area contributed by atoms with Gasteiger partial charge in [0.15, 0.2) is 0 Å². The molecule has 0 aromatic heterocycles. The van der Waals surface area contributed by atoms with Gasteiger partial charge < -0.3 is 5.11 Å². The average Bonchev–Trinajstić information content (AvgIpc) is 2.26. The molecular formula is C12H11N2OY-. The number of azo groups is 1. The molecule has 0 bridgehead atoms. The molecule has 0 aliphatic carbocycles. The number of fused-ring (bicyclic) bond motifs is 1. The number of aryl methyl sites for hydroxylation is 1. The molecule has 79 valence electrons. The minimum Gasteiger partial charge on any atom is -0.549 e. The van der Waals surface area contributed by atoms with Crippen molar-refractivity contribution in [1.82, 2.24) is 0 Å². The summed E-state index contributed by atoms with van der Waals surface area (Å²) in [6, 6.07) is 10.4. The molecule has 2 rings (SSSR count). The molecule has 2 aromatic carbocycles. The first-order chi connectivity index (χ1) is 7.24. The largest absolute Gasteiger partial charge is 0.549 e. The number of phenolic OH excluding ortho intramolecular Hbond substituents is 1. The molecule has 16 heavy (non-hydrogen) atoms. The van der Waals surface area contributed by atoms with Gasteiger partial charge in [-0.15, -0.1) is 29.7 Å². The van der Waals surface area contributed by atoms with E-state index >= 15 is 0 Å². The predicted octanol–water partition coefficient (Wildman–Crippen LogP) is 3.37. The Labute approximate surface area is 119 Å². The van der Waals surface area contributed by atoms with E-state index in [0.29, 0.717) is 11.1 Å². The van der Waals surface area contributed by atoms with Gasteiger partial charge in [-0.25, -0.2) is 0 Å². The van der Waals surface area contributed by atoms with Gasteiger partial charge in [0.2, 0.25) is 0 Å². The zero-order valence-electron chi connectivity index (χ0n) is 9.23. The Morgan fingerprint density at radius 3 is 2.81 bits per heavy atom. The summed E-state index contributed by atoms with van der Waals surface area (Å²) < 4.78 is 0. The second kappa shape index (κ2) is 5.51. The van der Waals surface area contributed by atoms with Crippen molar-refractivity contribution in [3.63, 3.8) is 0 Å². The van der Waals surface area contributed by atoms with Crippen LogP contribution in [0.2, 0.25) is 0 Å². The van der Waals surface area contributed by atoms with E-state index in [9.17, 15) is 5.11 Å². The third-order valence-corrected chi connectivity index (χ3v) is 2.32. The van der Waals surface area contributed by atoms with E-state index < -0.39 is 0 Å². The van der Waals surface area contributed by atoms with E-state index in [1.165, 1.54) is 0 Å². The van der Waals surface area contributed by atoms with Crippen LogP contribution in [-0.4, -0.2) is 12.2 Å². The Kier molecular flexibility index (Phi) is 4.57. The molecule has 0 saturated carbocycles. The number of phenols is 1. The Balaban J connectivity index is 0.00000128. The van der Waals surface area contributed by atoms with E-state index in [2.05, 4.69) is 16.3 Å². The summed E-state index contributed by atoms with van der Waals surface area (Å²) in [6.07, 6.45) is 0. The predicted molar refractivity (Wildman–Crippen MR) is 59.6 cm³/mol. The van der Waals surface area contributed by atoms with Crippen molar-refractivity contribution in [2.75, 3.05) is 7.05 Å². The summed E-state index contributed by atoms with van der Waals surface area (Å²) in [5, 5.41) is 19.1. The molecule has 0 aliphatic rings. The molecule has 0 aliphatic heterocycles. The van der Waals surface area contributed by atoms with Crippen molar-refractivity contribution in [3.8, 4) is 5.75 Å². The molecule has 4 heteroatoms. The summed E-state index contributed by atoms with van der Waals surface area (Å²) in [7, 11) is 1.58. The van der Waals surface area contributed by atoms with Gasteiger partial charge >= 0.3 is 0 Å². The van der Waals surface area contributed by atoms with Gasteiger partial charge in [-0.1, -0.05) is 10.9 Å². The number of rotatable bonds is 1. The Bertz CT molecular complexity index is 538. The molecule has 0 fully saturated rings. The number of aromatic hydroxyl groups is 1. The molecular weight excluding hydrogens is 277 g/mol. The fourth-order valence-corrected chi connectivity index (χ4v) is 1.62. The minimum atomic E-state index is 0. The summed E-state index contributed by atoms with van der Waals surface area (Å²) >= 11 is 0. The molecule has 0 amide bonds. The zero-order valence-corrected chi connectivity index (χ0v) is 12.1. The van der Waals surface area contributed by atoms with E-state index in [-0.39, 0.29) is 38.5 Å². The summed E-state index contributed by atoms with van der Waals surface area (Å²) in [6.45, 7) is 1.98. The Hall–Kier alpha value is -0.796. The Morgan fingerprint density at radius 2 is 2.12 bits per heavy atom. The molecule has 1 radical (unpaired) electrons. The van der Waals surface area contributed by atoms with Crippen molar-refractivity contribution in [2.45, 2.75) is 6.92 Å².